The molecule has 7 heteroatoms. The first-order valence-corrected chi connectivity index (χ1v) is 5.98. The van der Waals surface area contributed by atoms with E-state index in [2.05, 4.69) is 20.8 Å². The van der Waals surface area contributed by atoms with E-state index in [1.54, 1.807) is 4.68 Å². The van der Waals surface area contributed by atoms with Gasteiger partial charge in [-0.05, 0) is 23.9 Å². The molecule has 86 valence electrons. The van der Waals surface area contributed by atoms with Crippen LogP contribution in [-0.4, -0.2) is 50.8 Å². The molecule has 0 saturated heterocycles. The van der Waals surface area contributed by atoms with Crippen molar-refractivity contribution < 1.29 is 5.11 Å². The predicted octanol–water partition coefficient (Wildman–Crippen LogP) is -0.245. The SMILES string of the molecule is CCC(O)CSc1nnnn1CCNC. The number of nitrogens with one attached hydrogen (secondary N) is 1. The summed E-state index contributed by atoms with van der Waals surface area (Å²) in [5.41, 5.74) is 0. The minimum Gasteiger partial charge on any atom is -0.392 e. The maximum absolute atomic E-state index is 9.41. The molecule has 0 aliphatic rings. The molecule has 1 aromatic rings. The predicted molar refractivity (Wildman–Crippen MR) is 58.8 cm³/mol. The van der Waals surface area contributed by atoms with Crippen molar-refractivity contribution in [2.24, 2.45) is 0 Å². The Labute approximate surface area is 93.4 Å². The molecular weight excluding hydrogens is 214 g/mol. The van der Waals surface area contributed by atoms with Crippen molar-refractivity contribution in [2.75, 3.05) is 19.3 Å². The Morgan fingerprint density at radius 3 is 3.07 bits per heavy atom. The molecule has 0 bridgehead atoms. The smallest absolute Gasteiger partial charge is 0.209 e. The third kappa shape index (κ3) is 4.15. The van der Waals surface area contributed by atoms with Crippen LogP contribution in [-0.2, 0) is 6.54 Å². The molecule has 6 nitrogen and oxygen atoms in total. The van der Waals surface area contributed by atoms with Crippen LogP contribution in [0.2, 0.25) is 0 Å². The largest absolute Gasteiger partial charge is 0.392 e. The lowest BCUT2D eigenvalue weighted by Crippen LogP contribution is -2.17. The number of rotatable bonds is 7. The molecule has 0 fully saturated rings. The molecule has 1 aromatic heterocycles. The van der Waals surface area contributed by atoms with Gasteiger partial charge >= 0.3 is 0 Å². The summed E-state index contributed by atoms with van der Waals surface area (Å²) in [6, 6.07) is 0. The third-order valence-corrected chi connectivity index (χ3v) is 3.05. The van der Waals surface area contributed by atoms with Gasteiger partial charge in [0.15, 0.2) is 0 Å². The highest BCUT2D eigenvalue weighted by molar-refractivity contribution is 7.99. The molecule has 1 unspecified atom stereocenters. The highest BCUT2D eigenvalue weighted by atomic mass is 32.2. The number of hydrogen-bond donors (Lipinski definition) is 2. The number of nitrogens with zero attached hydrogens (tertiary/aromatic N) is 4. The summed E-state index contributed by atoms with van der Waals surface area (Å²) in [5.74, 6) is 0.635. The number of hydrogen-bond acceptors (Lipinski definition) is 6. The first-order chi connectivity index (χ1) is 7.27. The maximum atomic E-state index is 9.41. The molecule has 15 heavy (non-hydrogen) atoms. The van der Waals surface area contributed by atoms with Gasteiger partial charge in [-0.15, -0.1) is 5.10 Å². The molecule has 1 atom stereocenters. The van der Waals surface area contributed by atoms with E-state index in [0.717, 1.165) is 24.7 Å². The number of likely N-dealkylation sites (N-methyl/N-ethyl adjacent to an activating group) is 1. The van der Waals surface area contributed by atoms with Gasteiger partial charge in [0.25, 0.3) is 0 Å². The molecule has 0 amide bonds. The van der Waals surface area contributed by atoms with Gasteiger partial charge in [0.1, 0.15) is 0 Å². The average Bonchev–Trinajstić information content (AvgIpc) is 2.70. The van der Waals surface area contributed by atoms with Gasteiger partial charge in [0, 0.05) is 12.3 Å². The fourth-order valence-corrected chi connectivity index (χ4v) is 1.89. The molecule has 0 saturated carbocycles. The maximum Gasteiger partial charge on any atom is 0.209 e. The second kappa shape index (κ2) is 6.76. The van der Waals surface area contributed by atoms with Crippen molar-refractivity contribution in [1.29, 1.82) is 0 Å². The second-order valence-corrected chi connectivity index (χ2v) is 4.15. The van der Waals surface area contributed by atoms with E-state index in [1.807, 2.05) is 14.0 Å². The van der Waals surface area contributed by atoms with Crippen LogP contribution < -0.4 is 5.32 Å². The number of aliphatic hydroxyl groups excluding tert-OH is 1. The van der Waals surface area contributed by atoms with Crippen LogP contribution in [0.4, 0.5) is 0 Å². The Kier molecular flexibility index (Phi) is 5.59. The fourth-order valence-electron chi connectivity index (χ4n) is 0.946. The Balaban J connectivity index is 2.42. The molecule has 0 radical (unpaired) electrons. The van der Waals surface area contributed by atoms with Crippen LogP contribution in [0.25, 0.3) is 0 Å². The molecule has 1 heterocycles. The third-order valence-electron chi connectivity index (χ3n) is 1.95. The van der Waals surface area contributed by atoms with Crippen LogP contribution >= 0.6 is 11.8 Å². The van der Waals surface area contributed by atoms with Gasteiger partial charge in [-0.25, -0.2) is 4.68 Å². The van der Waals surface area contributed by atoms with E-state index < -0.39 is 0 Å². The van der Waals surface area contributed by atoms with E-state index >= 15 is 0 Å². The Bertz CT molecular complexity index is 280. The number of aliphatic hydroxyl groups is 1. The zero-order valence-electron chi connectivity index (χ0n) is 9.05. The highest BCUT2D eigenvalue weighted by Gasteiger charge is 2.08. The van der Waals surface area contributed by atoms with Gasteiger partial charge in [-0.1, -0.05) is 18.7 Å². The lowest BCUT2D eigenvalue weighted by molar-refractivity contribution is 0.195. The molecular formula is C8H17N5OS. The summed E-state index contributed by atoms with van der Waals surface area (Å²) in [4.78, 5) is 0. The molecule has 0 aliphatic carbocycles. The molecule has 0 aliphatic heterocycles. The van der Waals surface area contributed by atoms with Crippen molar-refractivity contribution in [1.82, 2.24) is 25.5 Å². The fraction of sp³-hybridized carbons (Fsp3) is 0.875. The molecule has 2 N–H and O–H groups in total. The lowest BCUT2D eigenvalue weighted by Gasteiger charge is -2.06. The van der Waals surface area contributed by atoms with Crippen LogP contribution in [0.3, 0.4) is 0 Å². The van der Waals surface area contributed by atoms with Gasteiger partial charge < -0.3 is 10.4 Å². The zero-order valence-corrected chi connectivity index (χ0v) is 9.87. The molecule has 1 rings (SSSR count). The van der Waals surface area contributed by atoms with Gasteiger partial charge in [-0.2, -0.15) is 0 Å². The van der Waals surface area contributed by atoms with Gasteiger partial charge in [0.05, 0.1) is 12.6 Å². The topological polar surface area (TPSA) is 75.9 Å². The van der Waals surface area contributed by atoms with Crippen LogP contribution in [0.5, 0.6) is 0 Å². The Morgan fingerprint density at radius 1 is 1.60 bits per heavy atom. The summed E-state index contributed by atoms with van der Waals surface area (Å²) < 4.78 is 1.74. The summed E-state index contributed by atoms with van der Waals surface area (Å²) in [5, 5.41) is 24.6. The first-order valence-electron chi connectivity index (χ1n) is 4.99. The van der Waals surface area contributed by atoms with Crippen LogP contribution in [0, 0.1) is 0 Å². The number of aromatic nitrogens is 4. The van der Waals surface area contributed by atoms with Gasteiger partial charge in [-0.3, -0.25) is 0 Å². The number of tetrazole rings is 1. The molecule has 0 spiro atoms. The molecule has 0 aromatic carbocycles. The van der Waals surface area contributed by atoms with Crippen molar-refractivity contribution in [2.45, 2.75) is 31.1 Å². The van der Waals surface area contributed by atoms with Gasteiger partial charge in [0.2, 0.25) is 5.16 Å². The lowest BCUT2D eigenvalue weighted by atomic mass is 10.3. The summed E-state index contributed by atoms with van der Waals surface area (Å²) in [6.45, 7) is 3.53. The minimum absolute atomic E-state index is 0.288. The van der Waals surface area contributed by atoms with Crippen LogP contribution in [0.1, 0.15) is 13.3 Å². The summed E-state index contributed by atoms with van der Waals surface area (Å²) >= 11 is 1.49. The normalized spacial score (nSPS) is 13.0. The van der Waals surface area contributed by atoms with E-state index in [-0.39, 0.29) is 6.10 Å². The second-order valence-electron chi connectivity index (χ2n) is 3.16. The van der Waals surface area contributed by atoms with E-state index in [0.29, 0.717) is 5.75 Å². The minimum atomic E-state index is -0.288. The Hall–Kier alpha value is -0.660. The van der Waals surface area contributed by atoms with E-state index in [1.165, 1.54) is 11.8 Å². The quantitative estimate of drug-likeness (QED) is 0.631. The first kappa shape index (κ1) is 12.4. The van der Waals surface area contributed by atoms with E-state index in [9.17, 15) is 5.11 Å². The Morgan fingerprint density at radius 2 is 2.40 bits per heavy atom. The summed E-state index contributed by atoms with van der Waals surface area (Å²) in [6.07, 6.45) is 0.467. The van der Waals surface area contributed by atoms with Crippen molar-refractivity contribution in [3.05, 3.63) is 0 Å². The van der Waals surface area contributed by atoms with Crippen LogP contribution in [0.15, 0.2) is 5.16 Å². The number of thioether (sulfide) groups is 1. The standard InChI is InChI=1S/C8H17N5OS/c1-3-7(14)6-15-8-10-11-12-13(8)5-4-9-2/h7,9,14H,3-6H2,1-2H3. The monoisotopic (exact) mass is 231 g/mol. The average molecular weight is 231 g/mol. The van der Waals surface area contributed by atoms with Crippen molar-refractivity contribution in [3.63, 3.8) is 0 Å². The zero-order chi connectivity index (χ0) is 11.1. The van der Waals surface area contributed by atoms with E-state index in [4.69, 9.17) is 0 Å². The highest BCUT2D eigenvalue weighted by Crippen LogP contribution is 2.15. The van der Waals surface area contributed by atoms with Crippen molar-refractivity contribution in [3.8, 4) is 0 Å². The summed E-state index contributed by atoms with van der Waals surface area (Å²) in [7, 11) is 1.89. The van der Waals surface area contributed by atoms with Crippen molar-refractivity contribution >= 4 is 11.8 Å².